The second-order valence-corrected chi connectivity index (χ2v) is 7.69. The lowest BCUT2D eigenvalue weighted by atomic mass is 9.99. The van der Waals surface area contributed by atoms with Crippen LogP contribution >= 0.6 is 0 Å². The molecular formula is C26H23N5O2. The van der Waals surface area contributed by atoms with Gasteiger partial charge in [0.1, 0.15) is 11.6 Å². The van der Waals surface area contributed by atoms with Gasteiger partial charge in [-0.2, -0.15) is 4.98 Å². The number of anilines is 3. The normalized spacial score (nSPS) is 11.1. The lowest BCUT2D eigenvalue weighted by Gasteiger charge is -2.23. The van der Waals surface area contributed by atoms with Gasteiger partial charge in [-0.3, -0.25) is 0 Å². The molecule has 2 aromatic heterocycles. The second kappa shape index (κ2) is 8.64. The maximum atomic E-state index is 10.7. The fraction of sp³-hybridized carbons (Fsp3) is 0.0769. The molecule has 0 unspecified atom stereocenters. The van der Waals surface area contributed by atoms with Gasteiger partial charge in [-0.15, -0.1) is 0 Å². The van der Waals surface area contributed by atoms with E-state index in [1.807, 2.05) is 71.8 Å². The predicted octanol–water partition coefficient (Wildman–Crippen LogP) is 4.71. The maximum absolute atomic E-state index is 10.7. The zero-order chi connectivity index (χ0) is 22.8. The van der Waals surface area contributed by atoms with Crippen LogP contribution in [0.25, 0.3) is 33.3 Å². The Morgan fingerprint density at radius 3 is 2.48 bits per heavy atom. The van der Waals surface area contributed by atoms with Gasteiger partial charge in [0.25, 0.3) is 0 Å². The lowest BCUT2D eigenvalue weighted by molar-refractivity contribution is 0.305. The monoisotopic (exact) mass is 437 g/mol. The van der Waals surface area contributed by atoms with Gasteiger partial charge in [-0.1, -0.05) is 30.3 Å². The molecule has 0 aliphatic carbocycles. The van der Waals surface area contributed by atoms with E-state index < -0.39 is 0 Å². The van der Waals surface area contributed by atoms with Crippen LogP contribution in [0.3, 0.4) is 0 Å². The number of H-pyrrole nitrogens is 1. The number of nitrogens with one attached hydrogen (secondary N) is 1. The quantitative estimate of drug-likeness (QED) is 0.306. The molecule has 2 heterocycles. The molecule has 0 aliphatic rings. The summed E-state index contributed by atoms with van der Waals surface area (Å²) < 4.78 is 0. The number of benzene rings is 3. The number of aromatic amines is 1. The van der Waals surface area contributed by atoms with Crippen molar-refractivity contribution in [2.45, 2.75) is 0 Å². The first-order chi connectivity index (χ1) is 16.1. The molecule has 5 aromatic rings. The molecule has 0 bridgehead atoms. The van der Waals surface area contributed by atoms with E-state index in [9.17, 15) is 10.2 Å². The van der Waals surface area contributed by atoms with Crippen LogP contribution < -0.4 is 10.6 Å². The summed E-state index contributed by atoms with van der Waals surface area (Å²) in [5.41, 5.74) is 11.0. The minimum atomic E-state index is -0.0590. The van der Waals surface area contributed by atoms with Crippen LogP contribution in [0, 0.1) is 0 Å². The number of aliphatic hydroxyl groups is 1. The standard InChI is InChI=1S/C26H23N5O2/c27-26-29-23(16-25(30-26)31(12-13-32)20-4-2-1-3-5-20)21-15-18(7-9-24(21)33)17-6-8-22-19(14-17)10-11-28-22/h1-11,14-16,28,32-33H,12-13H2,(H2,27,29,30). The molecule has 7 nitrogen and oxygen atoms in total. The van der Waals surface area contributed by atoms with Crippen molar-refractivity contribution in [1.29, 1.82) is 0 Å². The number of aromatic hydroxyl groups is 1. The molecule has 0 atom stereocenters. The summed E-state index contributed by atoms with van der Waals surface area (Å²) in [6.45, 7) is 0.277. The number of aliphatic hydroxyl groups excluding tert-OH is 1. The average Bonchev–Trinajstić information content (AvgIpc) is 3.31. The third-order valence-corrected chi connectivity index (χ3v) is 5.56. The minimum Gasteiger partial charge on any atom is -0.507 e. The van der Waals surface area contributed by atoms with E-state index in [1.165, 1.54) is 0 Å². The lowest BCUT2D eigenvalue weighted by Crippen LogP contribution is -2.22. The molecule has 0 radical (unpaired) electrons. The molecule has 33 heavy (non-hydrogen) atoms. The van der Waals surface area contributed by atoms with Gasteiger partial charge in [0, 0.05) is 35.6 Å². The van der Waals surface area contributed by atoms with E-state index in [4.69, 9.17) is 5.73 Å². The highest BCUT2D eigenvalue weighted by Crippen LogP contribution is 2.36. The van der Waals surface area contributed by atoms with E-state index in [-0.39, 0.29) is 18.3 Å². The Balaban J connectivity index is 1.59. The van der Waals surface area contributed by atoms with E-state index in [1.54, 1.807) is 12.1 Å². The molecule has 0 amide bonds. The van der Waals surface area contributed by atoms with Gasteiger partial charge < -0.3 is 25.8 Å². The highest BCUT2D eigenvalue weighted by molar-refractivity contribution is 5.86. The average molecular weight is 438 g/mol. The van der Waals surface area contributed by atoms with Crippen LogP contribution in [-0.2, 0) is 0 Å². The number of aromatic nitrogens is 3. The molecule has 5 rings (SSSR count). The van der Waals surface area contributed by atoms with Crippen LogP contribution in [0.2, 0.25) is 0 Å². The van der Waals surface area contributed by atoms with Crippen molar-refractivity contribution in [3.05, 3.63) is 85.1 Å². The Morgan fingerprint density at radius 1 is 0.879 bits per heavy atom. The van der Waals surface area contributed by atoms with Crippen molar-refractivity contribution in [3.8, 4) is 28.1 Å². The Bertz CT molecular complexity index is 1420. The van der Waals surface area contributed by atoms with Crippen LogP contribution in [0.15, 0.2) is 85.1 Å². The van der Waals surface area contributed by atoms with E-state index in [2.05, 4.69) is 21.0 Å². The number of para-hydroxylation sites is 1. The van der Waals surface area contributed by atoms with Gasteiger partial charge in [0.2, 0.25) is 5.95 Å². The highest BCUT2D eigenvalue weighted by atomic mass is 16.3. The fourth-order valence-electron chi connectivity index (χ4n) is 3.97. The summed E-state index contributed by atoms with van der Waals surface area (Å²) in [5, 5.41) is 21.4. The van der Waals surface area contributed by atoms with Gasteiger partial charge in [-0.25, -0.2) is 4.98 Å². The molecule has 3 aromatic carbocycles. The number of rotatable bonds is 6. The second-order valence-electron chi connectivity index (χ2n) is 7.69. The SMILES string of the molecule is Nc1nc(-c2cc(-c3ccc4[nH]ccc4c3)ccc2O)cc(N(CCO)c2ccccc2)n1. The highest BCUT2D eigenvalue weighted by Gasteiger charge is 2.16. The summed E-state index contributed by atoms with van der Waals surface area (Å²) >= 11 is 0. The van der Waals surface area contributed by atoms with E-state index in [0.717, 1.165) is 27.7 Å². The summed E-state index contributed by atoms with van der Waals surface area (Å²) in [5.74, 6) is 0.718. The van der Waals surface area contributed by atoms with Gasteiger partial charge in [0.05, 0.1) is 12.3 Å². The number of hydrogen-bond donors (Lipinski definition) is 4. The van der Waals surface area contributed by atoms with Crippen LogP contribution in [-0.4, -0.2) is 38.3 Å². The Labute approximate surface area is 190 Å². The zero-order valence-corrected chi connectivity index (χ0v) is 17.8. The summed E-state index contributed by atoms with van der Waals surface area (Å²) in [7, 11) is 0. The third-order valence-electron chi connectivity index (χ3n) is 5.56. The topological polar surface area (TPSA) is 111 Å². The van der Waals surface area contributed by atoms with Crippen molar-refractivity contribution in [2.24, 2.45) is 0 Å². The summed E-state index contributed by atoms with van der Waals surface area (Å²) in [6.07, 6.45) is 1.91. The van der Waals surface area contributed by atoms with E-state index >= 15 is 0 Å². The van der Waals surface area contributed by atoms with Crippen LogP contribution in [0.5, 0.6) is 5.75 Å². The van der Waals surface area contributed by atoms with Crippen molar-refractivity contribution in [3.63, 3.8) is 0 Å². The number of nitrogens with zero attached hydrogens (tertiary/aromatic N) is 3. The number of hydrogen-bond acceptors (Lipinski definition) is 6. The van der Waals surface area contributed by atoms with Crippen molar-refractivity contribution >= 4 is 28.4 Å². The molecule has 0 spiro atoms. The number of nitrogens with two attached hydrogens (primary N) is 1. The number of phenolic OH excluding ortho intramolecular Hbond substituents is 1. The van der Waals surface area contributed by atoms with Crippen LogP contribution in [0.1, 0.15) is 0 Å². The minimum absolute atomic E-state index is 0.0590. The molecule has 0 saturated carbocycles. The first kappa shape index (κ1) is 20.5. The largest absolute Gasteiger partial charge is 0.507 e. The molecule has 0 saturated heterocycles. The maximum Gasteiger partial charge on any atom is 0.222 e. The summed E-state index contributed by atoms with van der Waals surface area (Å²) in [6, 6.07) is 25.0. The first-order valence-electron chi connectivity index (χ1n) is 10.6. The molecule has 0 fully saturated rings. The van der Waals surface area contributed by atoms with Crippen molar-refractivity contribution in [1.82, 2.24) is 15.0 Å². The van der Waals surface area contributed by atoms with Gasteiger partial charge >= 0.3 is 0 Å². The first-order valence-corrected chi connectivity index (χ1v) is 10.6. The molecule has 7 heteroatoms. The van der Waals surface area contributed by atoms with Crippen molar-refractivity contribution < 1.29 is 10.2 Å². The number of nitrogen functional groups attached to an aromatic ring is 1. The molecular weight excluding hydrogens is 414 g/mol. The fourth-order valence-corrected chi connectivity index (χ4v) is 3.97. The molecule has 164 valence electrons. The third kappa shape index (κ3) is 4.09. The van der Waals surface area contributed by atoms with Gasteiger partial charge in [-0.05, 0) is 59.0 Å². The van der Waals surface area contributed by atoms with Crippen LogP contribution in [0.4, 0.5) is 17.5 Å². The number of phenols is 1. The van der Waals surface area contributed by atoms with Crippen molar-refractivity contribution in [2.75, 3.05) is 23.8 Å². The molecule has 5 N–H and O–H groups in total. The van der Waals surface area contributed by atoms with E-state index in [0.29, 0.717) is 23.6 Å². The molecule has 0 aliphatic heterocycles. The Morgan fingerprint density at radius 2 is 1.67 bits per heavy atom. The predicted molar refractivity (Wildman–Crippen MR) is 131 cm³/mol. The zero-order valence-electron chi connectivity index (χ0n) is 17.8. The van der Waals surface area contributed by atoms with Gasteiger partial charge in [0.15, 0.2) is 0 Å². The smallest absolute Gasteiger partial charge is 0.222 e. The summed E-state index contributed by atoms with van der Waals surface area (Å²) in [4.78, 5) is 13.8. The Hall–Kier alpha value is -4.36. The number of fused-ring (bicyclic) bond motifs is 1. The Kier molecular flexibility index (Phi) is 5.38.